The van der Waals surface area contributed by atoms with Crippen molar-refractivity contribution in [2.75, 3.05) is 5.73 Å². The lowest BCUT2D eigenvalue weighted by Crippen LogP contribution is -1.93. The molecule has 0 unspecified atom stereocenters. The molecule has 0 saturated heterocycles. The summed E-state index contributed by atoms with van der Waals surface area (Å²) >= 11 is 0. The Balaban J connectivity index is 2.41. The SMILES string of the molecule is Cn1cnc(-c2cnc(N)nc2)c1. The fraction of sp³-hybridized carbons (Fsp3) is 0.125. The van der Waals surface area contributed by atoms with E-state index in [-0.39, 0.29) is 5.95 Å². The number of aryl methyl sites for hydroxylation is 1. The lowest BCUT2D eigenvalue weighted by molar-refractivity contribution is 0.913. The lowest BCUT2D eigenvalue weighted by atomic mass is 10.3. The molecule has 0 amide bonds. The van der Waals surface area contributed by atoms with E-state index >= 15 is 0 Å². The van der Waals surface area contributed by atoms with E-state index in [1.54, 1.807) is 18.7 Å². The summed E-state index contributed by atoms with van der Waals surface area (Å²) in [5.74, 6) is 0.277. The van der Waals surface area contributed by atoms with Gasteiger partial charge in [0.15, 0.2) is 0 Å². The number of rotatable bonds is 1. The van der Waals surface area contributed by atoms with Crippen LogP contribution in [0.25, 0.3) is 11.3 Å². The molecule has 0 aliphatic rings. The minimum absolute atomic E-state index is 0.277. The zero-order valence-corrected chi connectivity index (χ0v) is 7.18. The number of imidazole rings is 1. The lowest BCUT2D eigenvalue weighted by Gasteiger charge is -1.94. The predicted octanol–water partition coefficient (Wildman–Crippen LogP) is 0.459. The topological polar surface area (TPSA) is 69.6 Å². The number of anilines is 1. The second-order valence-electron chi connectivity index (χ2n) is 2.75. The van der Waals surface area contributed by atoms with Gasteiger partial charge in [-0.15, -0.1) is 0 Å². The van der Waals surface area contributed by atoms with Gasteiger partial charge in [0.2, 0.25) is 5.95 Å². The summed E-state index contributed by atoms with van der Waals surface area (Å²) in [6.45, 7) is 0. The average molecular weight is 175 g/mol. The molecule has 13 heavy (non-hydrogen) atoms. The van der Waals surface area contributed by atoms with Gasteiger partial charge in [-0.1, -0.05) is 0 Å². The number of nitrogens with zero attached hydrogens (tertiary/aromatic N) is 4. The van der Waals surface area contributed by atoms with Gasteiger partial charge in [0, 0.05) is 31.2 Å². The van der Waals surface area contributed by atoms with Crippen LogP contribution >= 0.6 is 0 Å². The van der Waals surface area contributed by atoms with Gasteiger partial charge in [0.1, 0.15) is 0 Å². The van der Waals surface area contributed by atoms with Crippen LogP contribution in [0.5, 0.6) is 0 Å². The molecule has 0 atom stereocenters. The van der Waals surface area contributed by atoms with Crippen molar-refractivity contribution >= 4 is 5.95 Å². The Hall–Kier alpha value is -1.91. The molecule has 2 rings (SSSR count). The zero-order valence-electron chi connectivity index (χ0n) is 7.18. The average Bonchev–Trinajstić information content (AvgIpc) is 2.53. The maximum Gasteiger partial charge on any atom is 0.219 e. The normalized spacial score (nSPS) is 10.2. The summed E-state index contributed by atoms with van der Waals surface area (Å²) in [6, 6.07) is 0. The van der Waals surface area contributed by atoms with Gasteiger partial charge in [-0.25, -0.2) is 15.0 Å². The van der Waals surface area contributed by atoms with Gasteiger partial charge >= 0.3 is 0 Å². The quantitative estimate of drug-likeness (QED) is 0.683. The van der Waals surface area contributed by atoms with Crippen molar-refractivity contribution < 1.29 is 0 Å². The van der Waals surface area contributed by atoms with E-state index in [0.29, 0.717) is 0 Å². The van der Waals surface area contributed by atoms with Crippen LogP contribution < -0.4 is 5.73 Å². The molecule has 5 heteroatoms. The van der Waals surface area contributed by atoms with Crippen LogP contribution in [0.4, 0.5) is 5.95 Å². The maximum absolute atomic E-state index is 5.36. The van der Waals surface area contributed by atoms with Gasteiger partial charge < -0.3 is 10.3 Å². The molecule has 0 saturated carbocycles. The highest BCUT2D eigenvalue weighted by Gasteiger charge is 2.00. The van der Waals surface area contributed by atoms with Crippen LogP contribution in [0.1, 0.15) is 0 Å². The number of nitrogens with two attached hydrogens (primary N) is 1. The van der Waals surface area contributed by atoms with Gasteiger partial charge in [0.05, 0.1) is 12.0 Å². The first-order chi connectivity index (χ1) is 6.25. The Morgan fingerprint density at radius 1 is 1.23 bits per heavy atom. The van der Waals surface area contributed by atoms with E-state index in [1.165, 1.54) is 0 Å². The van der Waals surface area contributed by atoms with E-state index < -0.39 is 0 Å². The molecular formula is C8H9N5. The molecule has 0 aromatic carbocycles. The third-order valence-electron chi connectivity index (χ3n) is 1.67. The Morgan fingerprint density at radius 3 is 2.46 bits per heavy atom. The molecule has 2 N–H and O–H groups in total. The van der Waals surface area contributed by atoms with Crippen LogP contribution in [0.3, 0.4) is 0 Å². The monoisotopic (exact) mass is 175 g/mol. The van der Waals surface area contributed by atoms with Gasteiger partial charge in [-0.05, 0) is 0 Å². The molecule has 2 aromatic rings. The minimum Gasteiger partial charge on any atom is -0.368 e. The van der Waals surface area contributed by atoms with Crippen LogP contribution in [-0.2, 0) is 7.05 Å². The first-order valence-corrected chi connectivity index (χ1v) is 3.81. The summed E-state index contributed by atoms with van der Waals surface area (Å²) in [7, 11) is 1.91. The van der Waals surface area contributed by atoms with Crippen molar-refractivity contribution in [1.29, 1.82) is 0 Å². The molecule has 0 bridgehead atoms. The summed E-state index contributed by atoms with van der Waals surface area (Å²) in [5, 5.41) is 0. The van der Waals surface area contributed by atoms with Crippen molar-refractivity contribution in [3.05, 3.63) is 24.9 Å². The standard InChI is InChI=1S/C8H9N5/c1-13-4-7(12-5-13)6-2-10-8(9)11-3-6/h2-5H,1H3,(H2,9,10,11). The molecule has 2 heterocycles. The molecule has 2 aromatic heterocycles. The maximum atomic E-state index is 5.36. The smallest absolute Gasteiger partial charge is 0.219 e. The van der Waals surface area contributed by atoms with Crippen molar-refractivity contribution in [3.8, 4) is 11.3 Å². The van der Waals surface area contributed by atoms with E-state index in [0.717, 1.165) is 11.3 Å². The van der Waals surface area contributed by atoms with Crippen LogP contribution in [0.15, 0.2) is 24.9 Å². The van der Waals surface area contributed by atoms with Crippen LogP contribution in [0, 0.1) is 0 Å². The Bertz CT molecular complexity index is 403. The van der Waals surface area contributed by atoms with Crippen molar-refractivity contribution in [3.63, 3.8) is 0 Å². The Labute approximate surface area is 75.3 Å². The minimum atomic E-state index is 0.277. The fourth-order valence-electron chi connectivity index (χ4n) is 1.03. The van der Waals surface area contributed by atoms with E-state index in [9.17, 15) is 0 Å². The zero-order chi connectivity index (χ0) is 9.26. The largest absolute Gasteiger partial charge is 0.368 e. The van der Waals surface area contributed by atoms with Gasteiger partial charge in [-0.3, -0.25) is 0 Å². The molecule has 66 valence electrons. The first-order valence-electron chi connectivity index (χ1n) is 3.81. The third-order valence-corrected chi connectivity index (χ3v) is 1.67. The van der Waals surface area contributed by atoms with E-state index in [1.807, 2.05) is 17.8 Å². The van der Waals surface area contributed by atoms with Crippen molar-refractivity contribution in [1.82, 2.24) is 19.5 Å². The summed E-state index contributed by atoms with van der Waals surface area (Å²) in [6.07, 6.45) is 6.94. The number of aromatic nitrogens is 4. The molecule has 5 nitrogen and oxygen atoms in total. The highest BCUT2D eigenvalue weighted by atomic mass is 15.0. The molecule has 0 aliphatic heterocycles. The predicted molar refractivity (Wildman–Crippen MR) is 48.6 cm³/mol. The summed E-state index contributed by atoms with van der Waals surface area (Å²) < 4.78 is 1.87. The Morgan fingerprint density at radius 2 is 1.92 bits per heavy atom. The van der Waals surface area contributed by atoms with Crippen LogP contribution in [-0.4, -0.2) is 19.5 Å². The van der Waals surface area contributed by atoms with E-state index in [4.69, 9.17) is 5.73 Å². The van der Waals surface area contributed by atoms with Crippen LogP contribution in [0.2, 0.25) is 0 Å². The first kappa shape index (κ1) is 7.72. The van der Waals surface area contributed by atoms with E-state index in [2.05, 4.69) is 15.0 Å². The van der Waals surface area contributed by atoms with Gasteiger partial charge in [-0.2, -0.15) is 0 Å². The second kappa shape index (κ2) is 2.85. The number of hydrogen-bond acceptors (Lipinski definition) is 4. The number of hydrogen-bond donors (Lipinski definition) is 1. The molecule has 0 radical (unpaired) electrons. The second-order valence-corrected chi connectivity index (χ2v) is 2.75. The third kappa shape index (κ3) is 1.48. The number of nitrogen functional groups attached to an aromatic ring is 1. The highest BCUT2D eigenvalue weighted by molar-refractivity contribution is 5.55. The molecule has 0 spiro atoms. The Kier molecular flexibility index (Phi) is 1.70. The van der Waals surface area contributed by atoms with Crippen molar-refractivity contribution in [2.45, 2.75) is 0 Å². The van der Waals surface area contributed by atoms with Crippen molar-refractivity contribution in [2.24, 2.45) is 7.05 Å². The molecular weight excluding hydrogens is 166 g/mol. The summed E-state index contributed by atoms with van der Waals surface area (Å²) in [4.78, 5) is 11.9. The summed E-state index contributed by atoms with van der Waals surface area (Å²) in [5.41, 5.74) is 7.08. The fourth-order valence-corrected chi connectivity index (χ4v) is 1.03. The van der Waals surface area contributed by atoms with Gasteiger partial charge in [0.25, 0.3) is 0 Å². The molecule has 0 aliphatic carbocycles. The highest BCUT2D eigenvalue weighted by Crippen LogP contribution is 2.13. The molecule has 0 fully saturated rings.